The highest BCUT2D eigenvalue weighted by molar-refractivity contribution is 6.08. The molecule has 6 rings (SSSR count). The summed E-state index contributed by atoms with van der Waals surface area (Å²) in [5.74, 6) is -0.171. The maximum absolute atomic E-state index is 13.6. The van der Waals surface area contributed by atoms with Gasteiger partial charge in [0, 0.05) is 42.8 Å². The average Bonchev–Trinajstić information content (AvgIpc) is 3.62. The smallest absolute Gasteiger partial charge is 0.253 e. The summed E-state index contributed by atoms with van der Waals surface area (Å²) in [6, 6.07) is 14.6. The van der Waals surface area contributed by atoms with Crippen LogP contribution in [0, 0.1) is 13.8 Å². The first-order valence-corrected chi connectivity index (χ1v) is 14.4. The Bertz CT molecular complexity index is 1660. The predicted octanol–water partition coefficient (Wildman–Crippen LogP) is 3.99. The van der Waals surface area contributed by atoms with Crippen LogP contribution in [0.2, 0.25) is 0 Å². The number of hydrogen-bond acceptors (Lipinski definition) is 5. The molecule has 2 amide bonds. The lowest BCUT2D eigenvalue weighted by atomic mass is 9.98. The van der Waals surface area contributed by atoms with Crippen molar-refractivity contribution in [3.63, 3.8) is 0 Å². The van der Waals surface area contributed by atoms with Crippen LogP contribution >= 0.6 is 0 Å². The molecule has 1 aliphatic heterocycles. The summed E-state index contributed by atoms with van der Waals surface area (Å²) >= 11 is 0. The molecule has 4 aromatic rings. The number of pyridine rings is 1. The summed E-state index contributed by atoms with van der Waals surface area (Å²) in [6.45, 7) is 6.52. The second-order valence-corrected chi connectivity index (χ2v) is 11.4. The highest BCUT2D eigenvalue weighted by Gasteiger charge is 2.23. The normalized spacial score (nSPS) is 16.3. The Morgan fingerprint density at radius 1 is 1.05 bits per heavy atom. The van der Waals surface area contributed by atoms with Crippen LogP contribution in [0.15, 0.2) is 53.5 Å². The van der Waals surface area contributed by atoms with E-state index in [0.717, 1.165) is 58.2 Å². The van der Waals surface area contributed by atoms with Gasteiger partial charge < -0.3 is 15.6 Å². The number of carbonyl (C=O) groups is 2. The molecule has 1 saturated carbocycles. The van der Waals surface area contributed by atoms with Crippen molar-refractivity contribution in [3.8, 4) is 11.1 Å². The number of fused-ring (bicyclic) bond motifs is 1. The third kappa shape index (κ3) is 5.67. The van der Waals surface area contributed by atoms with E-state index in [-0.39, 0.29) is 23.9 Å². The minimum Gasteiger partial charge on any atom is -0.354 e. The molecule has 0 unspecified atom stereocenters. The van der Waals surface area contributed by atoms with Crippen molar-refractivity contribution in [2.45, 2.75) is 58.7 Å². The fourth-order valence-corrected chi connectivity index (χ4v) is 6.19. The van der Waals surface area contributed by atoms with Crippen molar-refractivity contribution in [3.05, 3.63) is 87.0 Å². The second kappa shape index (κ2) is 11.3. The van der Waals surface area contributed by atoms with Gasteiger partial charge in [-0.3, -0.25) is 24.0 Å². The lowest BCUT2D eigenvalue weighted by Gasteiger charge is -2.26. The van der Waals surface area contributed by atoms with Crippen LogP contribution in [-0.2, 0) is 17.9 Å². The van der Waals surface area contributed by atoms with E-state index in [1.54, 1.807) is 6.20 Å². The molecule has 2 fully saturated rings. The Labute approximate surface area is 238 Å². The summed E-state index contributed by atoms with van der Waals surface area (Å²) in [6.07, 6.45) is 6.34. The molecule has 1 saturated heterocycles. The number of piperazine rings is 1. The van der Waals surface area contributed by atoms with Crippen molar-refractivity contribution < 1.29 is 9.59 Å². The molecule has 3 N–H and O–H groups in total. The summed E-state index contributed by atoms with van der Waals surface area (Å²) in [7, 11) is 0. The summed E-state index contributed by atoms with van der Waals surface area (Å²) in [4.78, 5) is 42.9. The molecule has 0 spiro atoms. The van der Waals surface area contributed by atoms with E-state index >= 15 is 0 Å². The number of aryl methyl sites for hydroxylation is 2. The molecule has 9 heteroatoms. The van der Waals surface area contributed by atoms with Gasteiger partial charge >= 0.3 is 0 Å². The highest BCUT2D eigenvalue weighted by atomic mass is 16.2. The van der Waals surface area contributed by atoms with Gasteiger partial charge in [-0.1, -0.05) is 37.1 Å². The van der Waals surface area contributed by atoms with Crippen molar-refractivity contribution in [2.75, 3.05) is 19.6 Å². The van der Waals surface area contributed by atoms with Crippen molar-refractivity contribution in [2.24, 2.45) is 0 Å². The zero-order valence-corrected chi connectivity index (χ0v) is 23.6. The Morgan fingerprint density at radius 3 is 2.56 bits per heavy atom. The molecule has 1 aliphatic carbocycles. The zero-order valence-electron chi connectivity index (χ0n) is 23.6. The molecular weight excluding hydrogens is 516 g/mol. The molecule has 2 aliphatic rings. The molecule has 41 heavy (non-hydrogen) atoms. The highest BCUT2D eigenvalue weighted by Crippen LogP contribution is 2.35. The van der Waals surface area contributed by atoms with E-state index < -0.39 is 0 Å². The van der Waals surface area contributed by atoms with Gasteiger partial charge in [-0.25, -0.2) is 0 Å². The molecule has 9 nitrogen and oxygen atoms in total. The topological polar surface area (TPSA) is 112 Å². The van der Waals surface area contributed by atoms with Crippen LogP contribution < -0.4 is 16.2 Å². The molecule has 3 heterocycles. The van der Waals surface area contributed by atoms with E-state index in [0.29, 0.717) is 36.8 Å². The van der Waals surface area contributed by atoms with Gasteiger partial charge in [-0.05, 0) is 67.1 Å². The molecule has 0 bridgehead atoms. The zero-order chi connectivity index (χ0) is 28.5. The molecule has 0 atom stereocenters. The van der Waals surface area contributed by atoms with Gasteiger partial charge in [0.1, 0.15) is 0 Å². The molecule has 212 valence electrons. The number of aromatic amines is 1. The largest absolute Gasteiger partial charge is 0.354 e. The molecule has 2 aromatic heterocycles. The summed E-state index contributed by atoms with van der Waals surface area (Å²) in [5.41, 5.74) is 6.60. The van der Waals surface area contributed by atoms with Crippen LogP contribution in [0.4, 0.5) is 0 Å². The van der Waals surface area contributed by atoms with E-state index in [9.17, 15) is 14.4 Å². The number of benzene rings is 2. The number of hydrogen-bond donors (Lipinski definition) is 3. The van der Waals surface area contributed by atoms with E-state index in [4.69, 9.17) is 5.10 Å². The first kappa shape index (κ1) is 27.0. The van der Waals surface area contributed by atoms with Crippen LogP contribution in [0.25, 0.3) is 22.0 Å². The Hall–Kier alpha value is -4.24. The minimum atomic E-state index is -0.234. The third-order valence-electron chi connectivity index (χ3n) is 8.36. The van der Waals surface area contributed by atoms with E-state index in [1.165, 1.54) is 12.8 Å². The lowest BCUT2D eigenvalue weighted by molar-refractivity contribution is -0.124. The molecule has 0 radical (unpaired) electrons. The second-order valence-electron chi connectivity index (χ2n) is 11.4. The number of amides is 2. The van der Waals surface area contributed by atoms with Crippen molar-refractivity contribution >= 4 is 22.7 Å². The molecular formula is C32H36N6O3. The van der Waals surface area contributed by atoms with Crippen LogP contribution in [0.3, 0.4) is 0 Å². The third-order valence-corrected chi connectivity index (χ3v) is 8.36. The number of aromatic nitrogens is 3. The monoisotopic (exact) mass is 552 g/mol. The Morgan fingerprint density at radius 2 is 1.83 bits per heavy atom. The SMILES string of the molecule is Cc1cc(C)c(CNC(=O)c2cc(-c3ccc(CN4CCNC(=O)C4)cc3)cc3c2cnn3C2CCCC2)c(=O)[nH]1. The Kier molecular flexibility index (Phi) is 7.45. The predicted molar refractivity (Wildman–Crippen MR) is 159 cm³/mol. The van der Waals surface area contributed by atoms with Crippen LogP contribution in [0.1, 0.15) is 64.5 Å². The average molecular weight is 553 g/mol. The van der Waals surface area contributed by atoms with Gasteiger partial charge in [0.2, 0.25) is 5.91 Å². The van der Waals surface area contributed by atoms with Gasteiger partial charge in [0.25, 0.3) is 11.5 Å². The van der Waals surface area contributed by atoms with Crippen molar-refractivity contribution in [1.29, 1.82) is 0 Å². The van der Waals surface area contributed by atoms with Crippen molar-refractivity contribution in [1.82, 2.24) is 30.3 Å². The minimum absolute atomic E-state index is 0.0630. The summed E-state index contributed by atoms with van der Waals surface area (Å²) in [5, 5.41) is 11.4. The van der Waals surface area contributed by atoms with Gasteiger partial charge in [0.05, 0.1) is 29.9 Å². The Balaban J connectivity index is 1.32. The van der Waals surface area contributed by atoms with E-state index in [2.05, 4.69) is 55.5 Å². The fourth-order valence-electron chi connectivity index (χ4n) is 6.19. The number of H-pyrrole nitrogens is 1. The first-order valence-electron chi connectivity index (χ1n) is 14.4. The van der Waals surface area contributed by atoms with Crippen LogP contribution in [-0.4, -0.2) is 51.1 Å². The van der Waals surface area contributed by atoms with E-state index in [1.807, 2.05) is 26.0 Å². The quantitative estimate of drug-likeness (QED) is 0.321. The van der Waals surface area contributed by atoms with Gasteiger partial charge in [-0.2, -0.15) is 5.10 Å². The number of nitrogens with one attached hydrogen (secondary N) is 3. The van der Waals surface area contributed by atoms with Gasteiger partial charge in [0.15, 0.2) is 0 Å². The van der Waals surface area contributed by atoms with Gasteiger partial charge in [-0.15, -0.1) is 0 Å². The van der Waals surface area contributed by atoms with Crippen LogP contribution in [0.5, 0.6) is 0 Å². The maximum atomic E-state index is 13.6. The summed E-state index contributed by atoms with van der Waals surface area (Å²) < 4.78 is 2.09. The number of nitrogens with zero attached hydrogens (tertiary/aromatic N) is 3. The maximum Gasteiger partial charge on any atom is 0.253 e. The molecule has 2 aromatic carbocycles. The fraction of sp³-hybridized carbons (Fsp3) is 0.375. The lowest BCUT2D eigenvalue weighted by Crippen LogP contribution is -2.47. The first-order chi connectivity index (χ1) is 19.9. The standard InChI is InChI=1S/C32H36N6O3/c1-20-13-21(2)36-32(41)27(20)16-34-31(40)26-14-24(15-29-28(26)17-35-38(29)25-5-3-4-6-25)23-9-7-22(8-10-23)18-37-12-11-33-30(39)19-37/h7-10,13-15,17,25H,3-6,11-12,16,18-19H2,1-2H3,(H,33,39)(H,34,40)(H,36,41). The number of rotatable bonds is 7. The number of carbonyl (C=O) groups excluding carboxylic acids is 2.